The molecule has 1 amide bonds. The fourth-order valence-electron chi connectivity index (χ4n) is 1.86. The zero-order valence-corrected chi connectivity index (χ0v) is 14.0. The van der Waals surface area contributed by atoms with Crippen LogP contribution in [-0.2, 0) is 4.79 Å². The van der Waals surface area contributed by atoms with Crippen LogP contribution in [0.15, 0.2) is 54.6 Å². The van der Waals surface area contributed by atoms with Crippen molar-refractivity contribution in [2.24, 2.45) is 0 Å². The summed E-state index contributed by atoms with van der Waals surface area (Å²) in [6.07, 6.45) is 0. The summed E-state index contributed by atoms with van der Waals surface area (Å²) in [5.41, 5.74) is 2.10. The molecule has 0 aliphatic heterocycles. The third-order valence-corrected chi connectivity index (χ3v) is 3.27. The lowest BCUT2D eigenvalue weighted by Crippen LogP contribution is -2.21. The fraction of sp³-hybridized carbons (Fsp3) is 0.167. The Morgan fingerprint density at radius 3 is 2.75 bits per heavy atom. The van der Waals surface area contributed by atoms with Crippen molar-refractivity contribution in [2.45, 2.75) is 6.92 Å². The Morgan fingerprint density at radius 2 is 2.04 bits per heavy atom. The number of benzene rings is 2. The molecule has 126 valence electrons. The highest BCUT2D eigenvalue weighted by Gasteiger charge is 2.05. The predicted molar refractivity (Wildman–Crippen MR) is 95.3 cm³/mol. The summed E-state index contributed by atoms with van der Waals surface area (Å²) in [7, 11) is 0. The van der Waals surface area contributed by atoms with Gasteiger partial charge in [0.15, 0.2) is 0 Å². The van der Waals surface area contributed by atoms with Gasteiger partial charge in [-0.15, -0.1) is 0 Å². The summed E-state index contributed by atoms with van der Waals surface area (Å²) in [6, 6.07) is 11.3. The van der Waals surface area contributed by atoms with Crippen LogP contribution in [-0.4, -0.2) is 19.1 Å². The summed E-state index contributed by atoms with van der Waals surface area (Å²) < 4.78 is 18.6. The normalized spacial score (nSPS) is 10.1. The number of hydrogen-bond acceptors (Lipinski definition) is 3. The number of rotatable bonds is 7. The Kier molecular flexibility index (Phi) is 6.21. The summed E-state index contributed by atoms with van der Waals surface area (Å²) >= 11 is 5.69. The van der Waals surface area contributed by atoms with Crippen molar-refractivity contribution in [1.82, 2.24) is 0 Å². The predicted octanol–water partition coefficient (Wildman–Crippen LogP) is 4.48. The SMILES string of the molecule is C=C(C)COc1cccc(NC(=O)CNc2ccc(F)c(Cl)c2)c1. The Morgan fingerprint density at radius 1 is 1.25 bits per heavy atom. The molecule has 0 aliphatic carbocycles. The van der Waals surface area contributed by atoms with Crippen LogP contribution < -0.4 is 15.4 Å². The van der Waals surface area contributed by atoms with Crippen LogP contribution in [0.25, 0.3) is 0 Å². The van der Waals surface area contributed by atoms with E-state index in [0.29, 0.717) is 23.7 Å². The van der Waals surface area contributed by atoms with E-state index < -0.39 is 5.82 Å². The Labute approximate surface area is 145 Å². The van der Waals surface area contributed by atoms with Crippen LogP contribution in [0, 0.1) is 5.82 Å². The topological polar surface area (TPSA) is 50.4 Å². The molecule has 0 fully saturated rings. The molecule has 0 heterocycles. The molecule has 0 unspecified atom stereocenters. The minimum Gasteiger partial charge on any atom is -0.489 e. The maximum atomic E-state index is 13.1. The van der Waals surface area contributed by atoms with Crippen molar-refractivity contribution in [3.63, 3.8) is 0 Å². The highest BCUT2D eigenvalue weighted by atomic mass is 35.5. The lowest BCUT2D eigenvalue weighted by molar-refractivity contribution is -0.114. The van der Waals surface area contributed by atoms with Gasteiger partial charge < -0.3 is 15.4 Å². The molecule has 0 spiro atoms. The number of nitrogens with one attached hydrogen (secondary N) is 2. The lowest BCUT2D eigenvalue weighted by Gasteiger charge is -2.10. The van der Waals surface area contributed by atoms with Gasteiger partial charge in [-0.25, -0.2) is 4.39 Å². The van der Waals surface area contributed by atoms with Gasteiger partial charge >= 0.3 is 0 Å². The standard InChI is InChI=1S/C18H18ClFN2O2/c1-12(2)11-24-15-5-3-4-14(8-15)22-18(23)10-21-13-6-7-17(20)16(19)9-13/h3-9,21H,1,10-11H2,2H3,(H,22,23). The van der Waals surface area contributed by atoms with Crippen LogP contribution in [0.3, 0.4) is 0 Å². The third-order valence-electron chi connectivity index (χ3n) is 2.98. The molecule has 2 rings (SSSR count). The van der Waals surface area contributed by atoms with Crippen LogP contribution >= 0.6 is 11.6 Å². The van der Waals surface area contributed by atoms with Crippen molar-refractivity contribution in [2.75, 3.05) is 23.8 Å². The smallest absolute Gasteiger partial charge is 0.243 e. The van der Waals surface area contributed by atoms with Gasteiger partial charge in [0.05, 0.1) is 11.6 Å². The van der Waals surface area contributed by atoms with E-state index in [-0.39, 0.29) is 17.5 Å². The second-order valence-corrected chi connectivity index (χ2v) is 5.71. The monoisotopic (exact) mass is 348 g/mol. The molecule has 0 radical (unpaired) electrons. The Balaban J connectivity index is 1.88. The van der Waals surface area contributed by atoms with Crippen LogP contribution in [0.4, 0.5) is 15.8 Å². The van der Waals surface area contributed by atoms with Crippen molar-refractivity contribution in [1.29, 1.82) is 0 Å². The Hall–Kier alpha value is -2.53. The first-order valence-electron chi connectivity index (χ1n) is 7.30. The molecule has 2 aromatic rings. The van der Waals surface area contributed by atoms with Crippen LogP contribution in [0.1, 0.15) is 6.92 Å². The van der Waals surface area contributed by atoms with Gasteiger partial charge in [-0.2, -0.15) is 0 Å². The zero-order valence-electron chi connectivity index (χ0n) is 13.2. The van der Waals surface area contributed by atoms with E-state index in [0.717, 1.165) is 5.57 Å². The molecule has 6 heteroatoms. The summed E-state index contributed by atoms with van der Waals surface area (Å²) in [5.74, 6) is -0.0974. The Bertz CT molecular complexity index is 750. The van der Waals surface area contributed by atoms with Gasteiger partial charge in [0.25, 0.3) is 0 Å². The first kappa shape index (κ1) is 17.8. The molecular weight excluding hydrogens is 331 g/mol. The van der Waals surface area contributed by atoms with Crippen molar-refractivity contribution in [3.05, 3.63) is 65.5 Å². The largest absolute Gasteiger partial charge is 0.489 e. The maximum Gasteiger partial charge on any atom is 0.243 e. The highest BCUT2D eigenvalue weighted by Crippen LogP contribution is 2.20. The molecule has 0 saturated carbocycles. The van der Waals surface area contributed by atoms with Gasteiger partial charge in [0.2, 0.25) is 5.91 Å². The van der Waals surface area contributed by atoms with Gasteiger partial charge in [-0.3, -0.25) is 4.79 Å². The van der Waals surface area contributed by atoms with Crippen LogP contribution in [0.2, 0.25) is 5.02 Å². The molecule has 24 heavy (non-hydrogen) atoms. The molecule has 2 aromatic carbocycles. The fourth-order valence-corrected chi connectivity index (χ4v) is 2.04. The number of hydrogen-bond donors (Lipinski definition) is 2. The number of carbonyl (C=O) groups excluding carboxylic acids is 1. The molecule has 2 N–H and O–H groups in total. The van der Waals surface area contributed by atoms with Crippen LogP contribution in [0.5, 0.6) is 5.75 Å². The van der Waals surface area contributed by atoms with Gasteiger partial charge in [-0.1, -0.05) is 24.2 Å². The van der Waals surface area contributed by atoms with E-state index in [1.165, 1.54) is 18.2 Å². The van der Waals surface area contributed by atoms with Gasteiger partial charge in [0, 0.05) is 17.4 Å². The van der Waals surface area contributed by atoms with E-state index in [4.69, 9.17) is 16.3 Å². The zero-order chi connectivity index (χ0) is 17.5. The number of anilines is 2. The molecule has 4 nitrogen and oxygen atoms in total. The van der Waals surface area contributed by atoms with Crippen molar-refractivity contribution < 1.29 is 13.9 Å². The molecule has 0 bridgehead atoms. The number of halogens is 2. The second-order valence-electron chi connectivity index (χ2n) is 5.30. The van der Waals surface area contributed by atoms with E-state index in [9.17, 15) is 9.18 Å². The molecule has 0 aromatic heterocycles. The summed E-state index contributed by atoms with van der Waals surface area (Å²) in [5, 5.41) is 5.64. The maximum absolute atomic E-state index is 13.1. The molecule has 0 atom stereocenters. The minimum absolute atomic E-state index is 0.00257. The summed E-state index contributed by atoms with van der Waals surface area (Å²) in [6.45, 7) is 6.09. The van der Waals surface area contributed by atoms with Crippen molar-refractivity contribution >= 4 is 28.9 Å². The average Bonchev–Trinajstić information content (AvgIpc) is 2.54. The first-order valence-corrected chi connectivity index (χ1v) is 7.68. The number of ether oxygens (including phenoxy) is 1. The van der Waals surface area contributed by atoms with E-state index in [1.807, 2.05) is 6.92 Å². The van der Waals surface area contributed by atoms with Gasteiger partial charge in [-0.05, 0) is 42.8 Å². The van der Waals surface area contributed by atoms with Gasteiger partial charge in [0.1, 0.15) is 18.2 Å². The number of amides is 1. The molecule has 0 aliphatic rings. The van der Waals surface area contributed by atoms with E-state index in [2.05, 4.69) is 17.2 Å². The lowest BCUT2D eigenvalue weighted by atomic mass is 10.3. The van der Waals surface area contributed by atoms with E-state index in [1.54, 1.807) is 24.3 Å². The summed E-state index contributed by atoms with van der Waals surface area (Å²) in [4.78, 5) is 12.0. The van der Waals surface area contributed by atoms with E-state index >= 15 is 0 Å². The average molecular weight is 349 g/mol. The number of carbonyl (C=O) groups is 1. The molecule has 0 saturated heterocycles. The first-order chi connectivity index (χ1) is 11.4. The molecular formula is C18H18ClFN2O2. The second kappa shape index (κ2) is 8.36. The quantitative estimate of drug-likeness (QED) is 0.725. The minimum atomic E-state index is -0.502. The highest BCUT2D eigenvalue weighted by molar-refractivity contribution is 6.31. The third kappa shape index (κ3) is 5.59. The van der Waals surface area contributed by atoms with Crippen molar-refractivity contribution in [3.8, 4) is 5.75 Å².